The van der Waals surface area contributed by atoms with Crippen molar-refractivity contribution in [3.63, 3.8) is 0 Å². The van der Waals surface area contributed by atoms with Crippen LogP contribution in [-0.4, -0.2) is 45.7 Å². The number of allylic oxidation sites excluding steroid dienone is 4. The van der Waals surface area contributed by atoms with E-state index in [0.717, 1.165) is 51.4 Å². The van der Waals surface area contributed by atoms with Gasteiger partial charge in [0.15, 0.2) is 0 Å². The summed E-state index contributed by atoms with van der Waals surface area (Å²) in [5.74, 6) is -3.72. The number of nitrogens with zero attached hydrogens (tertiary/aromatic N) is 2. The molecule has 2 aliphatic heterocycles. The average Bonchev–Trinajstić information content (AvgIpc) is 3.78. The van der Waals surface area contributed by atoms with Gasteiger partial charge in [-0.1, -0.05) is 62.8 Å². The largest absolute Gasteiger partial charge is 0.333 e. The number of hydrogen-bond donors (Lipinski definition) is 0. The summed E-state index contributed by atoms with van der Waals surface area (Å²) < 4.78 is 0. The van der Waals surface area contributed by atoms with Crippen molar-refractivity contribution in [3.8, 4) is 0 Å². The standard InChI is InChI=1S/C30H36N2O8/c33-21(39-31-27(35)23-17-11-12-18(15-17)24(23)28(31)36)9-7-5-3-1-2-4-6-8-10-22(34)40-32-29(37)25-19-13-14-20(16-19)26(25)30(32)38/h11-14,17-20,23-26H,1-10,15-16H2. The molecule has 4 amide bonds. The van der Waals surface area contributed by atoms with Crippen molar-refractivity contribution >= 4 is 35.6 Å². The summed E-state index contributed by atoms with van der Waals surface area (Å²) in [5.41, 5.74) is 0. The van der Waals surface area contributed by atoms with E-state index in [2.05, 4.69) is 0 Å². The molecule has 2 saturated carbocycles. The highest BCUT2D eigenvalue weighted by Gasteiger charge is 2.62. The topological polar surface area (TPSA) is 127 Å². The summed E-state index contributed by atoms with van der Waals surface area (Å²) in [7, 11) is 0. The van der Waals surface area contributed by atoms with Crippen LogP contribution in [0.15, 0.2) is 24.3 Å². The Balaban J connectivity index is 0.783. The Labute approximate surface area is 233 Å². The molecule has 0 aromatic heterocycles. The molecule has 0 spiro atoms. The van der Waals surface area contributed by atoms with E-state index in [1.807, 2.05) is 24.3 Å². The lowest BCUT2D eigenvalue weighted by Crippen LogP contribution is -2.35. The number of rotatable bonds is 13. The van der Waals surface area contributed by atoms with Crippen molar-refractivity contribution in [1.82, 2.24) is 10.1 Å². The highest BCUT2D eigenvalue weighted by atomic mass is 16.7. The van der Waals surface area contributed by atoms with Crippen molar-refractivity contribution in [1.29, 1.82) is 0 Å². The zero-order valence-corrected chi connectivity index (χ0v) is 22.6. The van der Waals surface area contributed by atoms with E-state index in [1.165, 1.54) is 0 Å². The van der Waals surface area contributed by atoms with Crippen molar-refractivity contribution in [2.45, 2.75) is 77.0 Å². The number of amides is 4. The van der Waals surface area contributed by atoms with Crippen LogP contribution in [0.2, 0.25) is 0 Å². The SMILES string of the molecule is O=C(CCCCCCCCCCC(=O)ON1C(=O)C2C3C=CC(C3)C2C1=O)ON1C(=O)C2C3C=CC(C3)C2C1=O. The lowest BCUT2D eigenvalue weighted by atomic mass is 9.85. The molecule has 2 heterocycles. The first-order valence-corrected chi connectivity index (χ1v) is 14.9. The molecule has 0 radical (unpaired) electrons. The van der Waals surface area contributed by atoms with Gasteiger partial charge in [-0.2, -0.15) is 0 Å². The van der Waals surface area contributed by atoms with E-state index in [0.29, 0.717) is 23.0 Å². The van der Waals surface area contributed by atoms with Crippen LogP contribution in [0, 0.1) is 47.3 Å². The van der Waals surface area contributed by atoms with Crippen LogP contribution in [0.25, 0.3) is 0 Å². The number of carbonyl (C=O) groups is 6. The van der Waals surface area contributed by atoms with Crippen molar-refractivity contribution in [2.75, 3.05) is 0 Å². The fourth-order valence-electron chi connectivity index (χ4n) is 7.82. The molecule has 4 bridgehead atoms. The average molecular weight is 553 g/mol. The van der Waals surface area contributed by atoms with Gasteiger partial charge in [0, 0.05) is 12.8 Å². The van der Waals surface area contributed by atoms with Crippen LogP contribution < -0.4 is 0 Å². The minimum atomic E-state index is -0.543. The predicted octanol–water partition coefficient (Wildman–Crippen LogP) is 3.42. The number of unbranched alkanes of at least 4 members (excludes halogenated alkanes) is 7. The third kappa shape index (κ3) is 4.69. The zero-order chi connectivity index (χ0) is 28.0. The number of fused-ring (bicyclic) bond motifs is 10. The molecule has 8 atom stereocenters. The van der Waals surface area contributed by atoms with Gasteiger partial charge in [0.2, 0.25) is 0 Å². The smallest absolute Gasteiger partial charge is 0.330 e. The fourth-order valence-corrected chi connectivity index (χ4v) is 7.82. The van der Waals surface area contributed by atoms with Crippen molar-refractivity contribution in [2.24, 2.45) is 47.3 Å². The van der Waals surface area contributed by atoms with Crippen LogP contribution in [0.3, 0.4) is 0 Å². The van der Waals surface area contributed by atoms with Crippen molar-refractivity contribution in [3.05, 3.63) is 24.3 Å². The first-order valence-electron chi connectivity index (χ1n) is 14.9. The summed E-state index contributed by atoms with van der Waals surface area (Å²) >= 11 is 0. The number of carbonyl (C=O) groups excluding carboxylic acids is 6. The van der Waals surface area contributed by atoms with E-state index in [-0.39, 0.29) is 83.8 Å². The second-order valence-electron chi connectivity index (χ2n) is 12.2. The summed E-state index contributed by atoms with van der Waals surface area (Å²) in [5, 5.41) is 1.43. The highest BCUT2D eigenvalue weighted by Crippen LogP contribution is 2.53. The molecule has 214 valence electrons. The second kappa shape index (κ2) is 10.9. The van der Waals surface area contributed by atoms with E-state index in [4.69, 9.17) is 9.68 Å². The van der Waals surface area contributed by atoms with Crippen LogP contribution in [0.1, 0.15) is 77.0 Å². The maximum Gasteiger partial charge on any atom is 0.333 e. The molecule has 8 unspecified atom stereocenters. The molecule has 0 aromatic carbocycles. The number of imide groups is 2. The summed E-state index contributed by atoms with van der Waals surface area (Å²) in [4.78, 5) is 85.1. The Kier molecular flexibility index (Phi) is 7.35. The molecule has 2 saturated heterocycles. The normalized spacial score (nSPS) is 34.4. The predicted molar refractivity (Wildman–Crippen MR) is 137 cm³/mol. The Bertz CT molecular complexity index is 1030. The summed E-state index contributed by atoms with van der Waals surface area (Å²) in [6.07, 6.45) is 16.9. The first kappa shape index (κ1) is 26.9. The van der Waals surface area contributed by atoms with Crippen molar-refractivity contribution < 1.29 is 38.4 Å². The molecule has 4 aliphatic carbocycles. The van der Waals surface area contributed by atoms with Gasteiger partial charge >= 0.3 is 11.9 Å². The monoisotopic (exact) mass is 552 g/mol. The lowest BCUT2D eigenvalue weighted by Gasteiger charge is -2.15. The quantitative estimate of drug-likeness (QED) is 0.193. The Morgan fingerprint density at radius 3 is 1.10 bits per heavy atom. The Morgan fingerprint density at radius 1 is 0.525 bits per heavy atom. The second-order valence-corrected chi connectivity index (χ2v) is 12.2. The van der Waals surface area contributed by atoms with Crippen LogP contribution >= 0.6 is 0 Å². The zero-order valence-electron chi connectivity index (χ0n) is 22.6. The van der Waals surface area contributed by atoms with E-state index in [9.17, 15) is 28.8 Å². The minimum absolute atomic E-state index is 0.0861. The molecule has 0 N–H and O–H groups in total. The maximum absolute atomic E-state index is 12.6. The molecular formula is C30H36N2O8. The molecule has 10 nitrogen and oxygen atoms in total. The molecule has 40 heavy (non-hydrogen) atoms. The Morgan fingerprint density at radius 2 is 0.800 bits per heavy atom. The molecule has 10 heteroatoms. The minimum Gasteiger partial charge on any atom is -0.330 e. The van der Waals surface area contributed by atoms with Gasteiger partial charge in [-0.3, -0.25) is 19.2 Å². The first-order chi connectivity index (χ1) is 19.3. The molecular weight excluding hydrogens is 516 g/mol. The summed E-state index contributed by atoms with van der Waals surface area (Å²) in [6, 6.07) is 0. The van der Waals surface area contributed by atoms with Gasteiger partial charge in [0.05, 0.1) is 23.7 Å². The molecule has 6 rings (SSSR count). The van der Waals surface area contributed by atoms with Gasteiger partial charge in [-0.25, -0.2) is 9.59 Å². The molecule has 0 aromatic rings. The van der Waals surface area contributed by atoms with Gasteiger partial charge in [0.1, 0.15) is 0 Å². The van der Waals surface area contributed by atoms with Crippen LogP contribution in [0.4, 0.5) is 0 Å². The third-order valence-electron chi connectivity index (χ3n) is 9.76. The van der Waals surface area contributed by atoms with Gasteiger partial charge in [-0.15, -0.1) is 10.1 Å². The van der Waals surface area contributed by atoms with Gasteiger partial charge in [0.25, 0.3) is 23.6 Å². The lowest BCUT2D eigenvalue weighted by molar-refractivity contribution is -0.199. The van der Waals surface area contributed by atoms with Crippen LogP contribution in [0.5, 0.6) is 0 Å². The number of hydrogen-bond acceptors (Lipinski definition) is 8. The molecule has 4 fully saturated rings. The molecule has 6 aliphatic rings. The van der Waals surface area contributed by atoms with E-state index < -0.39 is 11.9 Å². The third-order valence-corrected chi connectivity index (χ3v) is 9.76. The van der Waals surface area contributed by atoms with E-state index >= 15 is 0 Å². The van der Waals surface area contributed by atoms with E-state index in [1.54, 1.807) is 0 Å². The number of hydroxylamine groups is 4. The fraction of sp³-hybridized carbons (Fsp3) is 0.667. The van der Waals surface area contributed by atoms with Gasteiger partial charge in [-0.05, 0) is 49.4 Å². The van der Waals surface area contributed by atoms with Crippen LogP contribution in [-0.2, 0) is 38.4 Å². The highest BCUT2D eigenvalue weighted by molar-refractivity contribution is 6.06. The summed E-state index contributed by atoms with van der Waals surface area (Å²) in [6.45, 7) is 0. The Hall–Kier alpha value is -3.30. The maximum atomic E-state index is 12.6. The van der Waals surface area contributed by atoms with Gasteiger partial charge < -0.3 is 9.68 Å².